The Kier molecular flexibility index (Phi) is 6.28. The highest BCUT2D eigenvalue weighted by Crippen LogP contribution is 2.42. The number of allylic oxidation sites excluding steroid dienone is 1. The van der Waals surface area contributed by atoms with Crippen molar-refractivity contribution in [2.45, 2.75) is 26.3 Å². The van der Waals surface area contributed by atoms with Crippen LogP contribution in [0, 0.1) is 0 Å². The van der Waals surface area contributed by atoms with Gasteiger partial charge in [-0.25, -0.2) is 0 Å². The van der Waals surface area contributed by atoms with Gasteiger partial charge < -0.3 is 20.1 Å². The van der Waals surface area contributed by atoms with E-state index in [-0.39, 0.29) is 5.91 Å². The molecule has 2 aromatic rings. The predicted octanol–water partition coefficient (Wildman–Crippen LogP) is 4.65. The second kappa shape index (κ2) is 9.27. The lowest BCUT2D eigenvalue weighted by molar-refractivity contribution is -0.110. The zero-order valence-electron chi connectivity index (χ0n) is 18.3. The summed E-state index contributed by atoms with van der Waals surface area (Å²) in [4.78, 5) is 15.2. The summed E-state index contributed by atoms with van der Waals surface area (Å²) in [5, 5.41) is 6.41. The fourth-order valence-corrected chi connectivity index (χ4v) is 4.08. The Labute approximate surface area is 183 Å². The van der Waals surface area contributed by atoms with Gasteiger partial charge in [0.2, 0.25) is 0 Å². The summed E-state index contributed by atoms with van der Waals surface area (Å²) in [6.07, 6.45) is 6.28. The standard InChI is InChI=1S/C25H29N3O3/c1-4-20(24-19-14-22(30-2)23(31-3)15-21(19)27-25(24)29)26-18-10-8-17(9-11-18)16-28-12-6-5-7-13-28/h5-6,8-11,14-15,26H,4,7,12-13,16H2,1-3H3,(H,27,29). The van der Waals surface area contributed by atoms with E-state index in [1.165, 1.54) is 5.56 Å². The van der Waals surface area contributed by atoms with Crippen molar-refractivity contribution in [2.75, 3.05) is 37.9 Å². The van der Waals surface area contributed by atoms with Crippen LogP contribution in [0.25, 0.3) is 5.57 Å². The predicted molar refractivity (Wildman–Crippen MR) is 124 cm³/mol. The van der Waals surface area contributed by atoms with Gasteiger partial charge in [0, 0.05) is 42.6 Å². The Morgan fingerprint density at radius 3 is 2.48 bits per heavy atom. The van der Waals surface area contributed by atoms with Crippen LogP contribution in [-0.4, -0.2) is 38.1 Å². The molecule has 0 saturated carbocycles. The molecule has 0 aromatic heterocycles. The highest BCUT2D eigenvalue weighted by atomic mass is 16.5. The Hall–Kier alpha value is -3.25. The van der Waals surface area contributed by atoms with E-state index >= 15 is 0 Å². The minimum Gasteiger partial charge on any atom is -0.493 e. The molecule has 6 nitrogen and oxygen atoms in total. The van der Waals surface area contributed by atoms with Gasteiger partial charge in [-0.15, -0.1) is 0 Å². The number of ether oxygens (including phenoxy) is 2. The molecule has 0 spiro atoms. The number of methoxy groups -OCH3 is 2. The Morgan fingerprint density at radius 1 is 1.10 bits per heavy atom. The summed E-state index contributed by atoms with van der Waals surface area (Å²) >= 11 is 0. The lowest BCUT2D eigenvalue weighted by atomic mass is 10.0. The van der Waals surface area contributed by atoms with Gasteiger partial charge in [-0.05, 0) is 36.6 Å². The minimum atomic E-state index is -0.121. The van der Waals surface area contributed by atoms with Gasteiger partial charge in [0.1, 0.15) is 0 Å². The first kappa shape index (κ1) is 21.0. The molecule has 2 aliphatic heterocycles. The van der Waals surface area contributed by atoms with E-state index in [9.17, 15) is 4.79 Å². The van der Waals surface area contributed by atoms with Crippen LogP contribution < -0.4 is 20.1 Å². The summed E-state index contributed by atoms with van der Waals surface area (Å²) in [6.45, 7) is 5.10. The van der Waals surface area contributed by atoms with Gasteiger partial charge in [-0.3, -0.25) is 9.69 Å². The monoisotopic (exact) mass is 419 g/mol. The lowest BCUT2D eigenvalue weighted by Gasteiger charge is -2.23. The molecule has 0 aliphatic carbocycles. The quantitative estimate of drug-likeness (QED) is 0.505. The van der Waals surface area contributed by atoms with Crippen LogP contribution in [-0.2, 0) is 11.3 Å². The molecule has 0 atom stereocenters. The van der Waals surface area contributed by atoms with Crippen LogP contribution in [0.4, 0.5) is 11.4 Å². The van der Waals surface area contributed by atoms with E-state index in [1.54, 1.807) is 20.3 Å². The molecule has 2 aliphatic rings. The number of fused-ring (bicyclic) bond motifs is 1. The maximum atomic E-state index is 12.8. The number of nitrogens with one attached hydrogen (secondary N) is 2. The first-order chi connectivity index (χ1) is 15.1. The van der Waals surface area contributed by atoms with Crippen molar-refractivity contribution in [3.63, 3.8) is 0 Å². The van der Waals surface area contributed by atoms with Crippen molar-refractivity contribution in [1.29, 1.82) is 0 Å². The fourth-order valence-electron chi connectivity index (χ4n) is 4.08. The molecule has 6 heteroatoms. The van der Waals surface area contributed by atoms with Gasteiger partial charge >= 0.3 is 0 Å². The number of amides is 1. The maximum absolute atomic E-state index is 12.8. The van der Waals surface area contributed by atoms with Gasteiger partial charge in [-0.1, -0.05) is 31.2 Å². The molecule has 1 amide bonds. The molecule has 2 N–H and O–H groups in total. The third-order valence-corrected chi connectivity index (χ3v) is 5.72. The minimum absolute atomic E-state index is 0.121. The second-order valence-corrected chi connectivity index (χ2v) is 7.73. The highest BCUT2D eigenvalue weighted by Gasteiger charge is 2.29. The van der Waals surface area contributed by atoms with Crippen LogP contribution in [0.2, 0.25) is 0 Å². The van der Waals surface area contributed by atoms with E-state index in [0.717, 1.165) is 48.7 Å². The lowest BCUT2D eigenvalue weighted by Crippen LogP contribution is -2.26. The van der Waals surface area contributed by atoms with E-state index in [0.29, 0.717) is 23.5 Å². The zero-order chi connectivity index (χ0) is 21.8. The van der Waals surface area contributed by atoms with Crippen molar-refractivity contribution < 1.29 is 14.3 Å². The van der Waals surface area contributed by atoms with Crippen molar-refractivity contribution in [3.8, 4) is 11.5 Å². The van der Waals surface area contributed by atoms with Gasteiger partial charge in [0.15, 0.2) is 11.5 Å². The van der Waals surface area contributed by atoms with Crippen LogP contribution >= 0.6 is 0 Å². The zero-order valence-corrected chi connectivity index (χ0v) is 18.3. The molecule has 2 heterocycles. The van der Waals surface area contributed by atoms with Crippen molar-refractivity contribution in [2.24, 2.45) is 0 Å². The summed E-state index contributed by atoms with van der Waals surface area (Å²) < 4.78 is 10.8. The highest BCUT2D eigenvalue weighted by molar-refractivity contribution is 6.32. The number of rotatable bonds is 7. The van der Waals surface area contributed by atoms with E-state index in [2.05, 4.69) is 52.0 Å². The Bertz CT molecular complexity index is 1030. The number of benzene rings is 2. The molecule has 0 saturated heterocycles. The molecule has 0 fully saturated rings. The average Bonchev–Trinajstić information content (AvgIpc) is 3.12. The molecular weight excluding hydrogens is 390 g/mol. The largest absolute Gasteiger partial charge is 0.493 e. The van der Waals surface area contributed by atoms with Crippen LogP contribution in [0.5, 0.6) is 11.5 Å². The van der Waals surface area contributed by atoms with Crippen LogP contribution in [0.15, 0.2) is 54.2 Å². The topological polar surface area (TPSA) is 62.8 Å². The first-order valence-corrected chi connectivity index (χ1v) is 10.7. The van der Waals surface area contributed by atoms with E-state index in [1.807, 2.05) is 13.0 Å². The van der Waals surface area contributed by atoms with E-state index < -0.39 is 0 Å². The second-order valence-electron chi connectivity index (χ2n) is 7.73. The molecule has 31 heavy (non-hydrogen) atoms. The molecule has 162 valence electrons. The maximum Gasteiger partial charge on any atom is 0.258 e. The smallest absolute Gasteiger partial charge is 0.258 e. The molecule has 0 radical (unpaired) electrons. The Balaban J connectivity index is 1.57. The molecule has 0 bridgehead atoms. The van der Waals surface area contributed by atoms with E-state index in [4.69, 9.17) is 9.47 Å². The first-order valence-electron chi connectivity index (χ1n) is 10.7. The average molecular weight is 420 g/mol. The van der Waals surface area contributed by atoms with Crippen molar-refractivity contribution >= 4 is 22.9 Å². The van der Waals surface area contributed by atoms with Crippen LogP contribution in [0.1, 0.15) is 30.9 Å². The number of hydrogen-bond donors (Lipinski definition) is 2. The van der Waals surface area contributed by atoms with Crippen LogP contribution in [0.3, 0.4) is 0 Å². The third kappa shape index (κ3) is 4.44. The fraction of sp³-hybridized carbons (Fsp3) is 0.320. The number of anilines is 2. The summed E-state index contributed by atoms with van der Waals surface area (Å²) in [6, 6.07) is 12.1. The van der Waals surface area contributed by atoms with Crippen molar-refractivity contribution in [3.05, 3.63) is 65.4 Å². The van der Waals surface area contributed by atoms with Gasteiger partial charge in [0.05, 0.1) is 25.5 Å². The number of nitrogens with zero attached hydrogens (tertiary/aromatic N) is 1. The Morgan fingerprint density at radius 2 is 1.84 bits per heavy atom. The molecule has 4 rings (SSSR count). The van der Waals surface area contributed by atoms with Crippen molar-refractivity contribution in [1.82, 2.24) is 4.90 Å². The number of carbonyl (C=O) groups excluding carboxylic acids is 1. The van der Waals surface area contributed by atoms with Gasteiger partial charge in [0.25, 0.3) is 5.91 Å². The number of carbonyl (C=O) groups is 1. The molecule has 0 unspecified atom stereocenters. The molecule has 2 aromatic carbocycles. The summed E-state index contributed by atoms with van der Waals surface area (Å²) in [5.41, 5.74) is 5.32. The SMILES string of the molecule is CCC(Nc1ccc(CN2CC=CCC2)cc1)=C1C(=O)Nc2cc(OC)c(OC)cc21. The number of hydrogen-bond acceptors (Lipinski definition) is 5. The summed E-state index contributed by atoms with van der Waals surface area (Å²) in [7, 11) is 3.18. The van der Waals surface area contributed by atoms with Gasteiger partial charge in [-0.2, -0.15) is 0 Å². The third-order valence-electron chi connectivity index (χ3n) is 5.72. The molecular formula is C25H29N3O3. The normalized spacial score (nSPS) is 17.2. The summed E-state index contributed by atoms with van der Waals surface area (Å²) in [5.74, 6) is 1.07.